The zero-order valence-electron chi connectivity index (χ0n) is 9.40. The maximum absolute atomic E-state index is 11.9. The van der Waals surface area contributed by atoms with Crippen LogP contribution < -0.4 is 0 Å². The van der Waals surface area contributed by atoms with E-state index in [0.717, 1.165) is 18.6 Å². The smallest absolute Gasteiger partial charge is 0.332 e. The van der Waals surface area contributed by atoms with Gasteiger partial charge in [0.15, 0.2) is 17.7 Å². The van der Waals surface area contributed by atoms with Crippen LogP contribution in [0.15, 0.2) is 24.3 Å². The molecule has 3 nitrogen and oxygen atoms in total. The van der Waals surface area contributed by atoms with E-state index in [-0.39, 0.29) is 6.10 Å². The molecule has 1 aliphatic heterocycles. The van der Waals surface area contributed by atoms with Crippen molar-refractivity contribution in [1.29, 1.82) is 0 Å². The van der Waals surface area contributed by atoms with Crippen molar-refractivity contribution in [2.75, 3.05) is 0 Å². The molecule has 0 radical (unpaired) electrons. The molecule has 1 heterocycles. The quantitative estimate of drug-likeness (QED) is 0.826. The number of hydrogen-bond acceptors (Lipinski definition) is 2. The van der Waals surface area contributed by atoms with Crippen LogP contribution in [-0.4, -0.2) is 23.3 Å². The van der Waals surface area contributed by atoms with E-state index in [1.54, 1.807) is 0 Å². The number of carboxylic acid groups (broad SMARTS) is 1. The highest BCUT2D eigenvalue weighted by atomic mass is 19.2. The molecule has 1 saturated heterocycles. The van der Waals surface area contributed by atoms with Gasteiger partial charge in [0, 0.05) is 0 Å². The SMILES string of the molecule is CC1CCC(C(=O)O)O1.Fc1ccccc1F. The number of halogens is 2. The second-order valence-corrected chi connectivity index (χ2v) is 3.77. The molecule has 1 aromatic carbocycles. The lowest BCUT2D eigenvalue weighted by atomic mass is 10.2. The molecule has 0 aromatic heterocycles. The van der Waals surface area contributed by atoms with Crippen molar-refractivity contribution in [1.82, 2.24) is 0 Å². The molecule has 2 unspecified atom stereocenters. The topological polar surface area (TPSA) is 46.5 Å². The maximum Gasteiger partial charge on any atom is 0.332 e. The lowest BCUT2D eigenvalue weighted by Crippen LogP contribution is -2.19. The van der Waals surface area contributed by atoms with Crippen molar-refractivity contribution in [2.24, 2.45) is 0 Å². The minimum absolute atomic E-state index is 0.131. The molecule has 0 saturated carbocycles. The number of ether oxygens (including phenoxy) is 1. The normalized spacial score (nSPS) is 22.8. The number of hydrogen-bond donors (Lipinski definition) is 1. The van der Waals surface area contributed by atoms with Crippen LogP contribution in [0.5, 0.6) is 0 Å². The molecule has 1 aliphatic rings. The van der Waals surface area contributed by atoms with E-state index < -0.39 is 23.7 Å². The van der Waals surface area contributed by atoms with Crippen LogP contribution in [0.3, 0.4) is 0 Å². The fraction of sp³-hybridized carbons (Fsp3) is 0.417. The van der Waals surface area contributed by atoms with Crippen molar-refractivity contribution in [2.45, 2.75) is 32.0 Å². The van der Waals surface area contributed by atoms with E-state index in [1.165, 1.54) is 12.1 Å². The fourth-order valence-electron chi connectivity index (χ4n) is 1.42. The Morgan fingerprint density at radius 1 is 1.29 bits per heavy atom. The molecule has 2 atom stereocenters. The van der Waals surface area contributed by atoms with Crippen LogP contribution in [0.2, 0.25) is 0 Å². The molecule has 1 N–H and O–H groups in total. The molecule has 17 heavy (non-hydrogen) atoms. The van der Waals surface area contributed by atoms with Gasteiger partial charge in [-0.25, -0.2) is 13.6 Å². The summed E-state index contributed by atoms with van der Waals surface area (Å²) in [5.74, 6) is -2.43. The van der Waals surface area contributed by atoms with E-state index >= 15 is 0 Å². The van der Waals surface area contributed by atoms with Crippen molar-refractivity contribution in [3.63, 3.8) is 0 Å². The van der Waals surface area contributed by atoms with Gasteiger partial charge in [0.05, 0.1) is 6.10 Å². The third kappa shape index (κ3) is 4.48. The van der Waals surface area contributed by atoms with E-state index in [4.69, 9.17) is 9.84 Å². The van der Waals surface area contributed by atoms with Gasteiger partial charge in [-0.2, -0.15) is 0 Å². The van der Waals surface area contributed by atoms with Gasteiger partial charge in [-0.05, 0) is 31.9 Å². The summed E-state index contributed by atoms with van der Waals surface area (Å²) < 4.78 is 28.9. The van der Waals surface area contributed by atoms with E-state index in [9.17, 15) is 13.6 Å². The highest BCUT2D eigenvalue weighted by Gasteiger charge is 2.27. The first kappa shape index (κ1) is 13.6. The van der Waals surface area contributed by atoms with Crippen molar-refractivity contribution in [3.8, 4) is 0 Å². The lowest BCUT2D eigenvalue weighted by Gasteiger charge is -2.03. The summed E-state index contributed by atoms with van der Waals surface area (Å²) in [7, 11) is 0. The van der Waals surface area contributed by atoms with Crippen molar-refractivity contribution in [3.05, 3.63) is 35.9 Å². The zero-order valence-corrected chi connectivity index (χ0v) is 9.40. The third-order valence-electron chi connectivity index (χ3n) is 2.33. The Morgan fingerprint density at radius 3 is 2.06 bits per heavy atom. The monoisotopic (exact) mass is 244 g/mol. The average Bonchev–Trinajstić information content (AvgIpc) is 2.70. The zero-order chi connectivity index (χ0) is 12.8. The van der Waals surface area contributed by atoms with Gasteiger partial charge in [0.1, 0.15) is 0 Å². The van der Waals surface area contributed by atoms with E-state index in [2.05, 4.69) is 0 Å². The Hall–Kier alpha value is -1.49. The highest BCUT2D eigenvalue weighted by Crippen LogP contribution is 2.18. The van der Waals surface area contributed by atoms with E-state index in [0.29, 0.717) is 6.42 Å². The first-order chi connectivity index (χ1) is 8.00. The number of carboxylic acids is 1. The van der Waals surface area contributed by atoms with Gasteiger partial charge in [-0.15, -0.1) is 0 Å². The Kier molecular flexibility index (Phi) is 5.03. The molecule has 2 rings (SSSR count). The number of aliphatic carboxylic acids is 1. The summed E-state index contributed by atoms with van der Waals surface area (Å²) in [5, 5.41) is 8.41. The standard InChI is InChI=1S/C6H4F2.C6H10O3/c7-5-3-1-2-4-6(5)8;1-4-2-3-5(9-4)6(7)8/h1-4H;4-5H,2-3H2,1H3,(H,7,8). The minimum atomic E-state index is -0.834. The predicted octanol–water partition coefficient (Wildman–Crippen LogP) is 2.60. The fourth-order valence-corrected chi connectivity index (χ4v) is 1.42. The van der Waals surface area contributed by atoms with Crippen LogP contribution in [0.4, 0.5) is 8.78 Å². The molecule has 94 valence electrons. The Morgan fingerprint density at radius 2 is 1.82 bits per heavy atom. The Bertz CT molecular complexity index is 361. The van der Waals surface area contributed by atoms with Gasteiger partial charge in [-0.3, -0.25) is 0 Å². The number of carbonyl (C=O) groups is 1. The van der Waals surface area contributed by atoms with Crippen molar-refractivity contribution >= 4 is 5.97 Å². The summed E-state index contributed by atoms with van der Waals surface area (Å²) >= 11 is 0. The summed E-state index contributed by atoms with van der Waals surface area (Å²) in [5.41, 5.74) is 0. The molecule has 0 spiro atoms. The van der Waals surface area contributed by atoms with Crippen LogP contribution in [-0.2, 0) is 9.53 Å². The van der Waals surface area contributed by atoms with Gasteiger partial charge in [-0.1, -0.05) is 12.1 Å². The second kappa shape index (κ2) is 6.30. The molecule has 1 fully saturated rings. The average molecular weight is 244 g/mol. The minimum Gasteiger partial charge on any atom is -0.479 e. The molecular weight excluding hydrogens is 230 g/mol. The second-order valence-electron chi connectivity index (χ2n) is 3.77. The van der Waals surface area contributed by atoms with Gasteiger partial charge in [0.25, 0.3) is 0 Å². The highest BCUT2D eigenvalue weighted by molar-refractivity contribution is 5.72. The third-order valence-corrected chi connectivity index (χ3v) is 2.33. The molecule has 0 amide bonds. The number of benzene rings is 1. The van der Waals surface area contributed by atoms with Gasteiger partial charge < -0.3 is 9.84 Å². The predicted molar refractivity (Wildman–Crippen MR) is 57.6 cm³/mol. The van der Waals surface area contributed by atoms with Gasteiger partial charge in [0.2, 0.25) is 0 Å². The van der Waals surface area contributed by atoms with Crippen LogP contribution in [0, 0.1) is 11.6 Å². The lowest BCUT2D eigenvalue weighted by molar-refractivity contribution is -0.149. The summed E-state index contributed by atoms with van der Waals surface area (Å²) in [4.78, 5) is 10.2. The summed E-state index contributed by atoms with van der Waals surface area (Å²) in [6, 6.07) is 5.04. The summed E-state index contributed by atoms with van der Waals surface area (Å²) in [6.45, 7) is 1.89. The first-order valence-corrected chi connectivity index (χ1v) is 5.29. The molecule has 0 bridgehead atoms. The molecule has 5 heteroatoms. The molecule has 1 aromatic rings. The van der Waals surface area contributed by atoms with E-state index in [1.807, 2.05) is 6.92 Å². The Labute approximate surface area is 98.0 Å². The summed E-state index contributed by atoms with van der Waals surface area (Å²) in [6.07, 6.45) is 1.12. The molecular formula is C12H14F2O3. The first-order valence-electron chi connectivity index (χ1n) is 5.29. The molecule has 0 aliphatic carbocycles. The van der Waals surface area contributed by atoms with Crippen LogP contribution in [0.25, 0.3) is 0 Å². The van der Waals surface area contributed by atoms with Crippen LogP contribution >= 0.6 is 0 Å². The largest absolute Gasteiger partial charge is 0.479 e. The number of rotatable bonds is 1. The van der Waals surface area contributed by atoms with Crippen molar-refractivity contribution < 1.29 is 23.4 Å². The maximum atomic E-state index is 11.9. The Balaban J connectivity index is 0.000000171. The van der Waals surface area contributed by atoms with Gasteiger partial charge >= 0.3 is 5.97 Å². The van der Waals surface area contributed by atoms with Crippen LogP contribution in [0.1, 0.15) is 19.8 Å².